The third-order valence-electron chi connectivity index (χ3n) is 4.24. The number of hydrogen-bond donors (Lipinski definition) is 1. The molecule has 1 heterocycles. The molecular weight excluding hydrogens is 232 g/mol. The van der Waals surface area contributed by atoms with E-state index in [1.54, 1.807) is 12.0 Å². The van der Waals surface area contributed by atoms with Gasteiger partial charge in [-0.1, -0.05) is 6.92 Å². The Morgan fingerprint density at radius 1 is 1.56 bits per heavy atom. The van der Waals surface area contributed by atoms with Crippen LogP contribution in [-0.2, 0) is 9.47 Å². The molecule has 1 saturated heterocycles. The molecule has 2 rings (SSSR count). The molecular formula is C13H24N2O3. The second-order valence-electron chi connectivity index (χ2n) is 5.87. The van der Waals surface area contributed by atoms with E-state index in [1.807, 2.05) is 7.05 Å². The monoisotopic (exact) mass is 256 g/mol. The summed E-state index contributed by atoms with van der Waals surface area (Å²) in [5, 5.41) is 3.01. The Kier molecular flexibility index (Phi) is 4.12. The highest BCUT2D eigenvalue weighted by molar-refractivity contribution is 5.74. The number of nitrogens with one attached hydrogen (secondary N) is 1. The SMILES string of the molecule is COC1CC(N(C)C(=O)NCC2(C)CCOC2)C1. The summed E-state index contributed by atoms with van der Waals surface area (Å²) in [5.41, 5.74) is 0.102. The Morgan fingerprint density at radius 2 is 2.28 bits per heavy atom. The molecule has 0 aromatic carbocycles. The van der Waals surface area contributed by atoms with Crippen molar-refractivity contribution in [2.75, 3.05) is 33.9 Å². The fourth-order valence-electron chi connectivity index (χ4n) is 2.47. The number of methoxy groups -OCH3 is 1. The Hall–Kier alpha value is -0.810. The lowest BCUT2D eigenvalue weighted by Crippen LogP contribution is -2.52. The molecule has 0 spiro atoms. The van der Waals surface area contributed by atoms with Gasteiger partial charge in [0.2, 0.25) is 0 Å². The molecule has 5 nitrogen and oxygen atoms in total. The van der Waals surface area contributed by atoms with E-state index in [0.717, 1.165) is 32.5 Å². The summed E-state index contributed by atoms with van der Waals surface area (Å²) < 4.78 is 10.6. The molecule has 1 aliphatic carbocycles. The van der Waals surface area contributed by atoms with Crippen LogP contribution < -0.4 is 5.32 Å². The van der Waals surface area contributed by atoms with Crippen LogP contribution in [0.5, 0.6) is 0 Å². The number of hydrogen-bond acceptors (Lipinski definition) is 3. The van der Waals surface area contributed by atoms with Crippen molar-refractivity contribution in [2.24, 2.45) is 5.41 Å². The summed E-state index contributed by atoms with van der Waals surface area (Å²) in [7, 11) is 3.58. The number of rotatable bonds is 4. The molecule has 2 amide bonds. The number of amides is 2. The number of nitrogens with zero attached hydrogens (tertiary/aromatic N) is 1. The molecule has 0 aromatic heterocycles. The van der Waals surface area contributed by atoms with E-state index in [2.05, 4.69) is 12.2 Å². The van der Waals surface area contributed by atoms with E-state index < -0.39 is 0 Å². The average molecular weight is 256 g/mol. The van der Waals surface area contributed by atoms with Gasteiger partial charge < -0.3 is 19.7 Å². The molecule has 1 saturated carbocycles. The fraction of sp³-hybridized carbons (Fsp3) is 0.923. The van der Waals surface area contributed by atoms with Gasteiger partial charge >= 0.3 is 6.03 Å². The molecule has 0 radical (unpaired) electrons. The topological polar surface area (TPSA) is 50.8 Å². The van der Waals surface area contributed by atoms with Gasteiger partial charge in [-0.05, 0) is 19.3 Å². The van der Waals surface area contributed by atoms with Crippen LogP contribution in [0.4, 0.5) is 4.79 Å². The Morgan fingerprint density at radius 3 is 2.83 bits per heavy atom. The summed E-state index contributed by atoms with van der Waals surface area (Å²) in [6.07, 6.45) is 3.24. The highest BCUT2D eigenvalue weighted by Crippen LogP contribution is 2.28. The van der Waals surface area contributed by atoms with E-state index in [9.17, 15) is 4.79 Å². The van der Waals surface area contributed by atoms with Crippen LogP contribution in [-0.4, -0.2) is 57.0 Å². The highest BCUT2D eigenvalue weighted by Gasteiger charge is 2.35. The van der Waals surface area contributed by atoms with Gasteiger partial charge in [0.1, 0.15) is 0 Å². The highest BCUT2D eigenvalue weighted by atomic mass is 16.5. The molecule has 2 fully saturated rings. The van der Waals surface area contributed by atoms with E-state index in [4.69, 9.17) is 9.47 Å². The molecule has 5 heteroatoms. The molecule has 0 bridgehead atoms. The van der Waals surface area contributed by atoms with Gasteiger partial charge in [-0.2, -0.15) is 0 Å². The second kappa shape index (κ2) is 5.45. The van der Waals surface area contributed by atoms with Crippen molar-refractivity contribution in [3.05, 3.63) is 0 Å². The van der Waals surface area contributed by atoms with Gasteiger partial charge in [0.15, 0.2) is 0 Å². The minimum atomic E-state index is 0.0164. The number of carbonyl (C=O) groups is 1. The van der Waals surface area contributed by atoms with Crippen molar-refractivity contribution in [3.63, 3.8) is 0 Å². The summed E-state index contributed by atoms with van der Waals surface area (Å²) in [4.78, 5) is 13.8. The first-order valence-corrected chi connectivity index (χ1v) is 6.65. The minimum absolute atomic E-state index is 0.0164. The first-order valence-electron chi connectivity index (χ1n) is 6.65. The molecule has 1 atom stereocenters. The van der Waals surface area contributed by atoms with Crippen molar-refractivity contribution in [2.45, 2.75) is 38.3 Å². The van der Waals surface area contributed by atoms with Crippen molar-refractivity contribution in [3.8, 4) is 0 Å². The molecule has 1 aliphatic heterocycles. The average Bonchev–Trinajstić information content (AvgIpc) is 2.72. The van der Waals surface area contributed by atoms with Gasteiger partial charge in [0, 0.05) is 38.8 Å². The Bertz CT molecular complexity index is 297. The zero-order valence-electron chi connectivity index (χ0n) is 11.6. The maximum Gasteiger partial charge on any atom is 0.317 e. The predicted molar refractivity (Wildman–Crippen MR) is 68.5 cm³/mol. The lowest BCUT2D eigenvalue weighted by atomic mass is 9.88. The standard InChI is InChI=1S/C13H24N2O3/c1-13(4-5-18-9-13)8-14-12(16)15(2)10-6-11(7-10)17-3/h10-11H,4-9H2,1-3H3,(H,14,16). The first-order chi connectivity index (χ1) is 8.54. The van der Waals surface area contributed by atoms with Crippen LogP contribution >= 0.6 is 0 Å². The second-order valence-corrected chi connectivity index (χ2v) is 5.87. The van der Waals surface area contributed by atoms with Gasteiger partial charge in [0.05, 0.1) is 12.7 Å². The summed E-state index contributed by atoms with van der Waals surface area (Å²) in [5.74, 6) is 0. The molecule has 104 valence electrons. The predicted octanol–water partition coefficient (Wildman–Crippen LogP) is 1.23. The third kappa shape index (κ3) is 2.95. The minimum Gasteiger partial charge on any atom is -0.381 e. The van der Waals surface area contributed by atoms with E-state index in [0.29, 0.717) is 18.7 Å². The zero-order chi connectivity index (χ0) is 13.2. The number of carbonyl (C=O) groups excluding carboxylic acids is 1. The Balaban J connectivity index is 1.71. The zero-order valence-corrected chi connectivity index (χ0v) is 11.6. The maximum absolute atomic E-state index is 12.0. The van der Waals surface area contributed by atoms with Gasteiger partial charge in [0.25, 0.3) is 0 Å². The van der Waals surface area contributed by atoms with Crippen molar-refractivity contribution in [1.29, 1.82) is 0 Å². The lowest BCUT2D eigenvalue weighted by Gasteiger charge is -2.40. The molecule has 1 unspecified atom stereocenters. The fourth-order valence-corrected chi connectivity index (χ4v) is 2.47. The van der Waals surface area contributed by atoms with E-state index in [-0.39, 0.29) is 11.4 Å². The van der Waals surface area contributed by atoms with Crippen molar-refractivity contribution in [1.82, 2.24) is 10.2 Å². The van der Waals surface area contributed by atoms with Crippen LogP contribution in [0.1, 0.15) is 26.2 Å². The lowest BCUT2D eigenvalue weighted by molar-refractivity contribution is -0.00870. The normalized spacial score (nSPS) is 35.1. The maximum atomic E-state index is 12.0. The summed E-state index contributed by atoms with van der Waals surface area (Å²) in [6.45, 7) is 4.40. The van der Waals surface area contributed by atoms with Crippen LogP contribution in [0.3, 0.4) is 0 Å². The third-order valence-corrected chi connectivity index (χ3v) is 4.24. The van der Waals surface area contributed by atoms with Crippen LogP contribution in [0.25, 0.3) is 0 Å². The molecule has 18 heavy (non-hydrogen) atoms. The van der Waals surface area contributed by atoms with Crippen LogP contribution in [0.15, 0.2) is 0 Å². The molecule has 0 aromatic rings. The summed E-state index contributed by atoms with van der Waals surface area (Å²) >= 11 is 0. The van der Waals surface area contributed by atoms with Crippen molar-refractivity contribution < 1.29 is 14.3 Å². The van der Waals surface area contributed by atoms with Crippen molar-refractivity contribution >= 4 is 6.03 Å². The molecule has 2 aliphatic rings. The van der Waals surface area contributed by atoms with Gasteiger partial charge in [-0.3, -0.25) is 0 Å². The van der Waals surface area contributed by atoms with Crippen LogP contribution in [0.2, 0.25) is 0 Å². The van der Waals surface area contributed by atoms with E-state index in [1.165, 1.54) is 0 Å². The smallest absolute Gasteiger partial charge is 0.317 e. The quantitative estimate of drug-likeness (QED) is 0.823. The molecule has 1 N–H and O–H groups in total. The Labute approximate surface area is 109 Å². The largest absolute Gasteiger partial charge is 0.381 e. The van der Waals surface area contributed by atoms with E-state index >= 15 is 0 Å². The first kappa shape index (κ1) is 13.6. The van der Waals surface area contributed by atoms with Crippen LogP contribution in [0, 0.1) is 5.41 Å². The van der Waals surface area contributed by atoms with Gasteiger partial charge in [-0.15, -0.1) is 0 Å². The number of urea groups is 1. The summed E-state index contributed by atoms with van der Waals surface area (Å²) in [6, 6.07) is 0.338. The number of ether oxygens (including phenoxy) is 2. The van der Waals surface area contributed by atoms with Gasteiger partial charge in [-0.25, -0.2) is 4.79 Å².